The van der Waals surface area contributed by atoms with Crippen LogP contribution in [0.4, 0.5) is 0 Å². The highest BCUT2D eigenvalue weighted by atomic mass is 16.7. The third-order valence-corrected chi connectivity index (χ3v) is 7.78. The van der Waals surface area contributed by atoms with Crippen LogP contribution >= 0.6 is 0 Å². The zero-order chi connectivity index (χ0) is 25.4. The van der Waals surface area contributed by atoms with Crippen LogP contribution in [0.2, 0.25) is 0 Å². The molecule has 0 radical (unpaired) electrons. The first kappa shape index (κ1) is 28.7. The minimum absolute atomic E-state index is 0.0273. The Labute approximate surface area is 210 Å². The lowest BCUT2D eigenvalue weighted by Crippen LogP contribution is -2.28. The van der Waals surface area contributed by atoms with Crippen molar-refractivity contribution in [2.45, 2.75) is 112 Å². The van der Waals surface area contributed by atoms with Crippen LogP contribution in [0.25, 0.3) is 0 Å². The summed E-state index contributed by atoms with van der Waals surface area (Å²) in [5, 5.41) is 0. The van der Waals surface area contributed by atoms with Crippen molar-refractivity contribution in [3.8, 4) is 5.75 Å². The first-order chi connectivity index (χ1) is 16.1. The molecule has 0 aliphatic heterocycles. The first-order valence-electron chi connectivity index (χ1n) is 13.5. The summed E-state index contributed by atoms with van der Waals surface area (Å²) < 4.78 is 12.4. The summed E-state index contributed by atoms with van der Waals surface area (Å²) in [5.41, 5.74) is 9.27. The van der Waals surface area contributed by atoms with E-state index < -0.39 is 0 Å². The van der Waals surface area contributed by atoms with Crippen molar-refractivity contribution < 1.29 is 9.47 Å². The fourth-order valence-electron chi connectivity index (χ4n) is 5.55. The minimum atomic E-state index is -0.224. The number of rotatable bonds is 14. The first-order valence-corrected chi connectivity index (χ1v) is 13.5. The van der Waals surface area contributed by atoms with Gasteiger partial charge in [0.2, 0.25) is 0 Å². The molecule has 0 saturated heterocycles. The van der Waals surface area contributed by atoms with E-state index in [0.717, 1.165) is 37.4 Å². The number of benzene rings is 1. The maximum absolute atomic E-state index is 6.34. The molecule has 0 fully saturated rings. The van der Waals surface area contributed by atoms with Gasteiger partial charge in [0.05, 0.1) is 0 Å². The summed E-state index contributed by atoms with van der Waals surface area (Å²) >= 11 is 0. The Hall–Kier alpha value is -1.58. The third kappa shape index (κ3) is 8.27. The number of ether oxygens (including phenoxy) is 2. The molecule has 3 heteroatoms. The summed E-state index contributed by atoms with van der Waals surface area (Å²) in [4.78, 5) is 0. The predicted molar refractivity (Wildman–Crippen MR) is 146 cm³/mol. The van der Waals surface area contributed by atoms with E-state index in [0.29, 0.717) is 12.5 Å². The molecule has 0 bridgehead atoms. The summed E-state index contributed by atoms with van der Waals surface area (Å²) in [6.07, 6.45) is 12.2. The van der Waals surface area contributed by atoms with Gasteiger partial charge < -0.3 is 15.2 Å². The van der Waals surface area contributed by atoms with E-state index in [1.54, 1.807) is 5.57 Å². The van der Waals surface area contributed by atoms with Crippen molar-refractivity contribution in [1.29, 1.82) is 0 Å². The molecule has 0 spiro atoms. The van der Waals surface area contributed by atoms with Crippen LogP contribution in [-0.4, -0.2) is 18.9 Å². The second-order valence-corrected chi connectivity index (χ2v) is 11.4. The molecule has 2 rings (SSSR count). The number of hydrogen-bond acceptors (Lipinski definition) is 3. The van der Waals surface area contributed by atoms with Gasteiger partial charge in [0.1, 0.15) is 5.75 Å². The van der Waals surface area contributed by atoms with Crippen molar-refractivity contribution in [2.24, 2.45) is 22.5 Å². The molecule has 0 amide bonds. The van der Waals surface area contributed by atoms with Gasteiger partial charge in [-0.05, 0) is 86.3 Å². The van der Waals surface area contributed by atoms with Gasteiger partial charge >= 0.3 is 0 Å². The van der Waals surface area contributed by atoms with E-state index in [4.69, 9.17) is 15.2 Å². The molecule has 34 heavy (non-hydrogen) atoms. The largest absolute Gasteiger partial charge is 0.465 e. The fraction of sp³-hybridized carbons (Fsp3) is 0.677. The fourth-order valence-corrected chi connectivity index (χ4v) is 5.55. The Morgan fingerprint density at radius 1 is 1.21 bits per heavy atom. The molecular formula is C31H51NO2. The van der Waals surface area contributed by atoms with E-state index in [1.165, 1.54) is 24.8 Å². The number of hydrogen-bond donors (Lipinski definition) is 1. The van der Waals surface area contributed by atoms with Gasteiger partial charge in [-0.15, -0.1) is 6.58 Å². The van der Waals surface area contributed by atoms with Crippen LogP contribution in [0.15, 0.2) is 48.6 Å². The van der Waals surface area contributed by atoms with E-state index in [2.05, 4.69) is 78.5 Å². The molecule has 0 aromatic heterocycles. The molecule has 1 aliphatic carbocycles. The van der Waals surface area contributed by atoms with Crippen molar-refractivity contribution >= 4 is 0 Å². The van der Waals surface area contributed by atoms with Crippen LogP contribution in [-0.2, 0) is 4.74 Å². The lowest BCUT2D eigenvalue weighted by Gasteiger charge is -2.37. The van der Waals surface area contributed by atoms with Gasteiger partial charge in [0.25, 0.3) is 0 Å². The lowest BCUT2D eigenvalue weighted by atomic mass is 9.69. The van der Waals surface area contributed by atoms with E-state index in [1.807, 2.05) is 13.0 Å². The molecule has 1 aromatic rings. The normalized spacial score (nSPS) is 23.6. The Balaban J connectivity index is 2.10. The molecule has 5 atom stereocenters. The van der Waals surface area contributed by atoms with Gasteiger partial charge in [-0.1, -0.05) is 70.9 Å². The van der Waals surface area contributed by atoms with Gasteiger partial charge in [0, 0.05) is 19.1 Å². The van der Waals surface area contributed by atoms with Crippen LogP contribution in [0, 0.1) is 16.7 Å². The topological polar surface area (TPSA) is 44.5 Å². The average molecular weight is 470 g/mol. The average Bonchev–Trinajstić information content (AvgIpc) is 2.81. The van der Waals surface area contributed by atoms with Crippen molar-refractivity contribution in [3.63, 3.8) is 0 Å². The summed E-state index contributed by atoms with van der Waals surface area (Å²) in [7, 11) is 0. The highest BCUT2D eigenvalue weighted by Crippen LogP contribution is 2.43. The molecule has 2 N–H and O–H groups in total. The molecular weight excluding hydrogens is 418 g/mol. The quantitative estimate of drug-likeness (QED) is 0.220. The standard InChI is InChI=1S/C31H51NO2/c1-9-24-20-25(10-2)22-31(8,21-24)18-17-29(33-12-4)34-27-15-13-26(14-16-27)28(19-23(5)32)30(6,7)11-3/h11,13-16,21,23,25,28-29H,3,9-10,12,17-20,22,32H2,1-2,4-8H3. The van der Waals surface area contributed by atoms with Crippen LogP contribution < -0.4 is 10.5 Å². The maximum atomic E-state index is 6.34. The highest BCUT2D eigenvalue weighted by Gasteiger charge is 2.32. The highest BCUT2D eigenvalue weighted by molar-refractivity contribution is 5.31. The van der Waals surface area contributed by atoms with Gasteiger partial charge in [0.15, 0.2) is 6.29 Å². The van der Waals surface area contributed by atoms with Gasteiger partial charge in [-0.25, -0.2) is 0 Å². The van der Waals surface area contributed by atoms with Crippen LogP contribution in [0.3, 0.4) is 0 Å². The number of allylic oxidation sites excluding steroid dienone is 3. The monoisotopic (exact) mass is 469 g/mol. The smallest absolute Gasteiger partial charge is 0.199 e. The SMILES string of the molecule is C=CC(C)(C)C(CC(C)N)c1ccc(OC(CCC2(C)C=C(CC)CC(CC)C2)OCC)cc1. The Morgan fingerprint density at radius 3 is 2.41 bits per heavy atom. The predicted octanol–water partition coefficient (Wildman–Crippen LogP) is 8.40. The molecule has 0 heterocycles. The van der Waals surface area contributed by atoms with Gasteiger partial charge in [-0.3, -0.25) is 0 Å². The van der Waals surface area contributed by atoms with Gasteiger partial charge in [-0.2, -0.15) is 0 Å². The van der Waals surface area contributed by atoms with Crippen molar-refractivity contribution in [3.05, 3.63) is 54.1 Å². The molecule has 3 nitrogen and oxygen atoms in total. The molecule has 5 unspecified atom stereocenters. The van der Waals surface area contributed by atoms with E-state index >= 15 is 0 Å². The van der Waals surface area contributed by atoms with Crippen LogP contribution in [0.5, 0.6) is 5.75 Å². The number of nitrogens with two attached hydrogens (primary N) is 1. The van der Waals surface area contributed by atoms with Crippen molar-refractivity contribution in [2.75, 3.05) is 6.61 Å². The Morgan fingerprint density at radius 2 is 1.88 bits per heavy atom. The second-order valence-electron chi connectivity index (χ2n) is 11.4. The minimum Gasteiger partial charge on any atom is -0.465 e. The van der Waals surface area contributed by atoms with Crippen molar-refractivity contribution in [1.82, 2.24) is 0 Å². The summed E-state index contributed by atoms with van der Waals surface area (Å²) in [6.45, 7) is 20.3. The molecule has 1 aromatic carbocycles. The lowest BCUT2D eigenvalue weighted by molar-refractivity contribution is -0.0847. The Bertz CT molecular complexity index is 779. The van der Waals surface area contributed by atoms with Crippen LogP contribution in [0.1, 0.15) is 105 Å². The van der Waals surface area contributed by atoms with E-state index in [9.17, 15) is 0 Å². The maximum Gasteiger partial charge on any atom is 0.199 e. The zero-order valence-corrected chi connectivity index (χ0v) is 23.0. The van der Waals surface area contributed by atoms with E-state index in [-0.39, 0.29) is 23.2 Å². The third-order valence-electron chi connectivity index (χ3n) is 7.78. The summed E-state index contributed by atoms with van der Waals surface area (Å²) in [5.74, 6) is 1.98. The molecule has 1 aliphatic rings. The Kier molecular flexibility index (Phi) is 10.9. The molecule has 0 saturated carbocycles. The molecule has 192 valence electrons. The second kappa shape index (κ2) is 12.9. The summed E-state index contributed by atoms with van der Waals surface area (Å²) in [6, 6.07) is 8.67. The zero-order valence-electron chi connectivity index (χ0n) is 23.0.